The zero-order chi connectivity index (χ0) is 12.8. The van der Waals surface area contributed by atoms with Crippen LogP contribution in [0.2, 0.25) is 0 Å². The molecule has 0 aromatic heterocycles. The average molecular weight is 226 g/mol. The fraction of sp³-hybridized carbons (Fsp3) is 0.923. The van der Waals surface area contributed by atoms with Gasteiger partial charge in [-0.15, -0.1) is 0 Å². The molecular formula is C13H26N2O. The molecule has 3 heteroatoms. The number of carbonyl (C=O) groups excluding carboxylic acids is 1. The van der Waals surface area contributed by atoms with Gasteiger partial charge in [-0.2, -0.15) is 0 Å². The summed E-state index contributed by atoms with van der Waals surface area (Å²) in [6, 6.07) is 0.283. The van der Waals surface area contributed by atoms with E-state index in [-0.39, 0.29) is 22.8 Å². The van der Waals surface area contributed by atoms with Gasteiger partial charge in [0, 0.05) is 6.04 Å². The van der Waals surface area contributed by atoms with Crippen molar-refractivity contribution in [1.82, 2.24) is 10.6 Å². The molecule has 2 N–H and O–H groups in total. The molecule has 0 spiro atoms. The molecule has 3 nitrogen and oxygen atoms in total. The number of nitrogens with one attached hydrogen (secondary N) is 2. The van der Waals surface area contributed by atoms with E-state index in [2.05, 4.69) is 38.3 Å². The first-order valence-corrected chi connectivity index (χ1v) is 6.13. The second-order valence-electron chi connectivity index (χ2n) is 6.51. The van der Waals surface area contributed by atoms with E-state index in [1.165, 1.54) is 0 Å². The van der Waals surface area contributed by atoms with Crippen molar-refractivity contribution in [3.8, 4) is 0 Å². The van der Waals surface area contributed by atoms with Gasteiger partial charge in [0.15, 0.2) is 0 Å². The highest BCUT2D eigenvalue weighted by molar-refractivity contribution is 5.86. The van der Waals surface area contributed by atoms with Crippen molar-refractivity contribution in [2.75, 3.05) is 6.54 Å². The average Bonchev–Trinajstić information content (AvgIpc) is 2.47. The zero-order valence-corrected chi connectivity index (χ0v) is 11.7. The summed E-state index contributed by atoms with van der Waals surface area (Å²) < 4.78 is 0. The number of hydrogen-bond donors (Lipinski definition) is 2. The van der Waals surface area contributed by atoms with Crippen molar-refractivity contribution < 1.29 is 4.79 Å². The fourth-order valence-electron chi connectivity index (χ4n) is 2.39. The van der Waals surface area contributed by atoms with Crippen LogP contribution in [0.4, 0.5) is 0 Å². The third-order valence-electron chi connectivity index (χ3n) is 4.48. The molecule has 0 unspecified atom stereocenters. The Balaban J connectivity index is 2.61. The second-order valence-corrected chi connectivity index (χ2v) is 6.51. The molecule has 1 amide bonds. The first-order chi connectivity index (χ1) is 7.07. The summed E-state index contributed by atoms with van der Waals surface area (Å²) in [7, 11) is 0. The summed E-state index contributed by atoms with van der Waals surface area (Å²) >= 11 is 0. The first kappa shape index (κ1) is 13.5. The lowest BCUT2D eigenvalue weighted by molar-refractivity contribution is -0.126. The van der Waals surface area contributed by atoms with E-state index in [1.807, 2.05) is 20.8 Å². The number of rotatable bonds is 4. The lowest BCUT2D eigenvalue weighted by atomic mass is 10.0. The second kappa shape index (κ2) is 3.73. The molecule has 0 atom stereocenters. The van der Waals surface area contributed by atoms with Crippen molar-refractivity contribution in [2.24, 2.45) is 10.8 Å². The van der Waals surface area contributed by atoms with Crippen molar-refractivity contribution in [3.63, 3.8) is 0 Å². The Morgan fingerprint density at radius 1 is 1.19 bits per heavy atom. The van der Waals surface area contributed by atoms with Crippen LogP contribution in [-0.2, 0) is 4.79 Å². The van der Waals surface area contributed by atoms with Crippen LogP contribution in [0.15, 0.2) is 0 Å². The Bertz CT molecular complexity index is 278. The smallest absolute Gasteiger partial charge is 0.239 e. The van der Waals surface area contributed by atoms with Crippen molar-refractivity contribution in [2.45, 2.75) is 60.0 Å². The third kappa shape index (κ3) is 1.97. The normalized spacial score (nSPS) is 22.9. The molecule has 0 aromatic rings. The summed E-state index contributed by atoms with van der Waals surface area (Å²) in [6.45, 7) is 15.5. The van der Waals surface area contributed by atoms with Crippen molar-refractivity contribution in [3.05, 3.63) is 0 Å². The molecule has 1 rings (SSSR count). The van der Waals surface area contributed by atoms with Gasteiger partial charge in [-0.3, -0.25) is 4.79 Å². The molecular weight excluding hydrogens is 200 g/mol. The van der Waals surface area contributed by atoms with Crippen LogP contribution in [-0.4, -0.2) is 24.0 Å². The molecule has 1 aliphatic carbocycles. The number of amides is 1. The predicted octanol–water partition coefficient (Wildman–Crippen LogP) is 1.93. The standard InChI is InChI=1S/C13H26N2O/c1-8-14-13(6,7)10(16)15-9-11(2,3)12(9,4)5/h9,14H,8H2,1-7H3,(H,15,16). The Kier molecular flexibility index (Phi) is 3.14. The topological polar surface area (TPSA) is 41.1 Å². The lowest BCUT2D eigenvalue weighted by Crippen LogP contribution is -2.53. The van der Waals surface area contributed by atoms with Crippen molar-refractivity contribution >= 4 is 5.91 Å². The van der Waals surface area contributed by atoms with Gasteiger partial charge in [-0.05, 0) is 31.2 Å². The minimum atomic E-state index is -0.483. The van der Waals surface area contributed by atoms with Gasteiger partial charge in [0.1, 0.15) is 0 Å². The molecule has 16 heavy (non-hydrogen) atoms. The molecule has 0 aromatic carbocycles. The van der Waals surface area contributed by atoms with Gasteiger partial charge in [-0.25, -0.2) is 0 Å². The van der Waals surface area contributed by atoms with Gasteiger partial charge >= 0.3 is 0 Å². The van der Waals surface area contributed by atoms with Gasteiger partial charge < -0.3 is 10.6 Å². The van der Waals surface area contributed by atoms with Crippen LogP contribution in [0.3, 0.4) is 0 Å². The monoisotopic (exact) mass is 226 g/mol. The number of hydrogen-bond acceptors (Lipinski definition) is 2. The maximum atomic E-state index is 12.1. The summed E-state index contributed by atoms with van der Waals surface area (Å²) in [5.74, 6) is 0.0954. The van der Waals surface area contributed by atoms with Crippen molar-refractivity contribution in [1.29, 1.82) is 0 Å². The van der Waals surface area contributed by atoms with Crippen LogP contribution in [0.1, 0.15) is 48.5 Å². The molecule has 1 aliphatic rings. The minimum absolute atomic E-state index is 0.0954. The molecule has 1 saturated carbocycles. The largest absolute Gasteiger partial charge is 0.351 e. The lowest BCUT2D eigenvalue weighted by Gasteiger charge is -2.25. The molecule has 0 saturated heterocycles. The third-order valence-corrected chi connectivity index (χ3v) is 4.48. The highest BCUT2D eigenvalue weighted by atomic mass is 16.2. The van der Waals surface area contributed by atoms with Gasteiger partial charge in [0.25, 0.3) is 0 Å². The Morgan fingerprint density at radius 2 is 1.62 bits per heavy atom. The summed E-state index contributed by atoms with van der Waals surface area (Å²) in [5, 5.41) is 6.36. The Labute approximate surface area is 99.4 Å². The van der Waals surface area contributed by atoms with E-state index in [4.69, 9.17) is 0 Å². The molecule has 1 fully saturated rings. The number of likely N-dealkylation sites (N-methyl/N-ethyl adjacent to an activating group) is 1. The summed E-state index contributed by atoms with van der Waals surface area (Å²) in [5.41, 5.74) is -0.0839. The van der Waals surface area contributed by atoms with E-state index in [0.717, 1.165) is 6.54 Å². The first-order valence-electron chi connectivity index (χ1n) is 6.13. The Hall–Kier alpha value is -0.570. The highest BCUT2D eigenvalue weighted by Crippen LogP contribution is 2.62. The fourth-order valence-corrected chi connectivity index (χ4v) is 2.39. The van der Waals surface area contributed by atoms with Gasteiger partial charge in [0.05, 0.1) is 5.54 Å². The Morgan fingerprint density at radius 3 is 1.94 bits per heavy atom. The van der Waals surface area contributed by atoms with Gasteiger partial charge in [-0.1, -0.05) is 34.6 Å². The summed E-state index contributed by atoms with van der Waals surface area (Å²) in [4.78, 5) is 12.1. The molecule has 0 aliphatic heterocycles. The van der Waals surface area contributed by atoms with E-state index in [9.17, 15) is 4.79 Å². The molecule has 0 radical (unpaired) electrons. The van der Waals surface area contributed by atoms with Crippen LogP contribution < -0.4 is 10.6 Å². The quantitative estimate of drug-likeness (QED) is 0.769. The van der Waals surface area contributed by atoms with E-state index in [0.29, 0.717) is 0 Å². The predicted molar refractivity (Wildman–Crippen MR) is 67.2 cm³/mol. The van der Waals surface area contributed by atoms with Crippen LogP contribution in [0, 0.1) is 10.8 Å². The SMILES string of the molecule is CCNC(C)(C)C(=O)NC1C(C)(C)C1(C)C. The van der Waals surface area contributed by atoms with Crippen LogP contribution >= 0.6 is 0 Å². The maximum absolute atomic E-state index is 12.1. The van der Waals surface area contributed by atoms with Crippen LogP contribution in [0.25, 0.3) is 0 Å². The van der Waals surface area contributed by atoms with E-state index in [1.54, 1.807) is 0 Å². The summed E-state index contributed by atoms with van der Waals surface area (Å²) in [6.07, 6.45) is 0. The molecule has 0 heterocycles. The van der Waals surface area contributed by atoms with E-state index >= 15 is 0 Å². The molecule has 94 valence electrons. The minimum Gasteiger partial charge on any atom is -0.351 e. The van der Waals surface area contributed by atoms with Gasteiger partial charge in [0.2, 0.25) is 5.91 Å². The molecule has 0 bridgehead atoms. The maximum Gasteiger partial charge on any atom is 0.239 e. The zero-order valence-electron chi connectivity index (χ0n) is 11.7. The van der Waals surface area contributed by atoms with E-state index < -0.39 is 5.54 Å². The number of carbonyl (C=O) groups is 1. The highest BCUT2D eigenvalue weighted by Gasteiger charge is 2.65. The van der Waals surface area contributed by atoms with Crippen LogP contribution in [0.5, 0.6) is 0 Å².